The van der Waals surface area contributed by atoms with E-state index in [1.165, 1.54) is 0 Å². The summed E-state index contributed by atoms with van der Waals surface area (Å²) in [7, 11) is 0. The molecule has 0 saturated carbocycles. The SMILES string of the molecule is Brc1cnn(-c2nnc3ccccc3n2)c1. The van der Waals surface area contributed by atoms with E-state index in [2.05, 4.69) is 36.2 Å². The van der Waals surface area contributed by atoms with Crippen molar-refractivity contribution in [3.8, 4) is 5.95 Å². The lowest BCUT2D eigenvalue weighted by Gasteiger charge is -1.99. The number of rotatable bonds is 1. The van der Waals surface area contributed by atoms with Crippen LogP contribution in [0.15, 0.2) is 41.1 Å². The molecule has 0 aliphatic rings. The minimum atomic E-state index is 0.462. The van der Waals surface area contributed by atoms with Gasteiger partial charge in [0.05, 0.1) is 16.2 Å². The highest BCUT2D eigenvalue weighted by Gasteiger charge is 2.04. The van der Waals surface area contributed by atoms with E-state index in [0.717, 1.165) is 15.5 Å². The van der Waals surface area contributed by atoms with E-state index in [0.29, 0.717) is 5.95 Å². The molecule has 0 saturated heterocycles. The van der Waals surface area contributed by atoms with Crippen molar-refractivity contribution >= 4 is 27.0 Å². The van der Waals surface area contributed by atoms with Crippen LogP contribution in [0.3, 0.4) is 0 Å². The number of aromatic nitrogens is 5. The van der Waals surface area contributed by atoms with Crippen LogP contribution in [-0.2, 0) is 0 Å². The van der Waals surface area contributed by atoms with Crippen LogP contribution in [0.4, 0.5) is 0 Å². The van der Waals surface area contributed by atoms with E-state index in [9.17, 15) is 0 Å². The molecule has 1 aromatic carbocycles. The highest BCUT2D eigenvalue weighted by Crippen LogP contribution is 2.11. The predicted octanol–water partition coefficient (Wildman–Crippen LogP) is 1.97. The molecule has 5 nitrogen and oxygen atoms in total. The smallest absolute Gasteiger partial charge is 0.208 e. The third-order valence-electron chi connectivity index (χ3n) is 2.11. The third kappa shape index (κ3) is 1.57. The molecule has 0 aliphatic heterocycles. The monoisotopic (exact) mass is 275 g/mol. The molecule has 0 bridgehead atoms. The number of halogens is 1. The van der Waals surface area contributed by atoms with Crippen LogP contribution < -0.4 is 0 Å². The Morgan fingerprint density at radius 1 is 1.06 bits per heavy atom. The van der Waals surface area contributed by atoms with Crippen molar-refractivity contribution < 1.29 is 0 Å². The number of benzene rings is 1. The Balaban J connectivity index is 2.18. The molecule has 78 valence electrons. The molecule has 0 unspecified atom stereocenters. The van der Waals surface area contributed by atoms with Crippen LogP contribution >= 0.6 is 15.9 Å². The van der Waals surface area contributed by atoms with Crippen LogP contribution in [-0.4, -0.2) is 25.0 Å². The van der Waals surface area contributed by atoms with Crippen LogP contribution in [0, 0.1) is 0 Å². The summed E-state index contributed by atoms with van der Waals surface area (Å²) in [5.41, 5.74) is 1.58. The van der Waals surface area contributed by atoms with Crippen molar-refractivity contribution in [2.24, 2.45) is 0 Å². The maximum Gasteiger partial charge on any atom is 0.270 e. The lowest BCUT2D eigenvalue weighted by molar-refractivity contribution is 0.787. The quantitative estimate of drug-likeness (QED) is 0.682. The van der Waals surface area contributed by atoms with Gasteiger partial charge in [-0.2, -0.15) is 5.10 Å². The molecule has 0 spiro atoms. The Labute approximate surface area is 99.3 Å². The molecule has 0 fully saturated rings. The van der Waals surface area contributed by atoms with Gasteiger partial charge in [0.25, 0.3) is 5.95 Å². The average Bonchev–Trinajstić information content (AvgIpc) is 2.75. The Morgan fingerprint density at radius 3 is 2.62 bits per heavy atom. The fourth-order valence-corrected chi connectivity index (χ4v) is 1.66. The molecule has 3 rings (SSSR count). The average molecular weight is 276 g/mol. The fraction of sp³-hybridized carbons (Fsp3) is 0. The van der Waals surface area contributed by atoms with Gasteiger partial charge in [0.2, 0.25) is 0 Å². The molecule has 16 heavy (non-hydrogen) atoms. The highest BCUT2D eigenvalue weighted by atomic mass is 79.9. The van der Waals surface area contributed by atoms with Crippen molar-refractivity contribution in [1.82, 2.24) is 25.0 Å². The first-order valence-electron chi connectivity index (χ1n) is 4.63. The van der Waals surface area contributed by atoms with E-state index >= 15 is 0 Å². The van der Waals surface area contributed by atoms with Crippen LogP contribution in [0.5, 0.6) is 0 Å². The first-order valence-corrected chi connectivity index (χ1v) is 5.42. The van der Waals surface area contributed by atoms with Crippen LogP contribution in [0.2, 0.25) is 0 Å². The summed E-state index contributed by atoms with van der Waals surface area (Å²) in [4.78, 5) is 4.36. The fourth-order valence-electron chi connectivity index (χ4n) is 1.38. The molecular weight excluding hydrogens is 270 g/mol. The van der Waals surface area contributed by atoms with Crippen molar-refractivity contribution in [2.45, 2.75) is 0 Å². The van der Waals surface area contributed by atoms with Gasteiger partial charge in [0.1, 0.15) is 5.52 Å². The Kier molecular flexibility index (Phi) is 2.14. The van der Waals surface area contributed by atoms with Gasteiger partial charge >= 0.3 is 0 Å². The van der Waals surface area contributed by atoms with Crippen molar-refractivity contribution in [3.63, 3.8) is 0 Å². The zero-order valence-corrected chi connectivity index (χ0v) is 9.66. The molecule has 0 radical (unpaired) electrons. The topological polar surface area (TPSA) is 56.5 Å². The second kappa shape index (κ2) is 3.64. The maximum atomic E-state index is 4.36. The lowest BCUT2D eigenvalue weighted by atomic mass is 10.3. The van der Waals surface area contributed by atoms with Crippen LogP contribution in [0.1, 0.15) is 0 Å². The van der Waals surface area contributed by atoms with Gasteiger partial charge in [-0.15, -0.1) is 10.2 Å². The molecule has 0 aliphatic carbocycles. The molecule has 2 aromatic heterocycles. The van der Waals surface area contributed by atoms with Gasteiger partial charge < -0.3 is 0 Å². The molecule has 6 heteroatoms. The minimum Gasteiger partial charge on any atom is -0.208 e. The number of hydrogen-bond acceptors (Lipinski definition) is 4. The van der Waals surface area contributed by atoms with Gasteiger partial charge in [-0.05, 0) is 28.1 Å². The summed E-state index contributed by atoms with van der Waals surface area (Å²) in [6, 6.07) is 7.59. The second-order valence-corrected chi connectivity index (χ2v) is 4.12. The second-order valence-electron chi connectivity index (χ2n) is 3.20. The molecule has 0 N–H and O–H groups in total. The largest absolute Gasteiger partial charge is 0.270 e. The Hall–Kier alpha value is -1.82. The van der Waals surface area contributed by atoms with Gasteiger partial charge in [0, 0.05) is 6.20 Å². The van der Waals surface area contributed by atoms with Gasteiger partial charge in [-0.25, -0.2) is 9.67 Å². The van der Waals surface area contributed by atoms with Gasteiger partial charge in [0.15, 0.2) is 0 Å². The summed E-state index contributed by atoms with van der Waals surface area (Å²) in [6.45, 7) is 0. The summed E-state index contributed by atoms with van der Waals surface area (Å²) in [5, 5.41) is 12.2. The molecule has 3 aromatic rings. The zero-order valence-electron chi connectivity index (χ0n) is 8.08. The van der Waals surface area contributed by atoms with E-state index in [-0.39, 0.29) is 0 Å². The molecule has 0 atom stereocenters. The highest BCUT2D eigenvalue weighted by molar-refractivity contribution is 9.10. The third-order valence-corrected chi connectivity index (χ3v) is 2.51. The summed E-state index contributed by atoms with van der Waals surface area (Å²) < 4.78 is 2.45. The van der Waals surface area contributed by atoms with Crippen molar-refractivity contribution in [3.05, 3.63) is 41.1 Å². The predicted molar refractivity (Wildman–Crippen MR) is 62.2 cm³/mol. The zero-order chi connectivity index (χ0) is 11.0. The summed E-state index contributed by atoms with van der Waals surface area (Å²) in [5.74, 6) is 0.462. The maximum absolute atomic E-state index is 4.36. The first kappa shape index (κ1) is 9.41. The summed E-state index contributed by atoms with van der Waals surface area (Å²) in [6.07, 6.45) is 3.46. The molecule has 2 heterocycles. The first-order chi connectivity index (χ1) is 7.83. The van der Waals surface area contributed by atoms with E-state index in [4.69, 9.17) is 0 Å². The molecule has 0 amide bonds. The Morgan fingerprint density at radius 2 is 1.88 bits per heavy atom. The van der Waals surface area contributed by atoms with Crippen LogP contribution in [0.25, 0.3) is 17.0 Å². The molecular formula is C10H6BrN5. The number of nitrogens with zero attached hydrogens (tertiary/aromatic N) is 5. The number of fused-ring (bicyclic) bond motifs is 1. The van der Waals surface area contributed by atoms with Gasteiger partial charge in [-0.3, -0.25) is 0 Å². The van der Waals surface area contributed by atoms with Gasteiger partial charge in [-0.1, -0.05) is 12.1 Å². The van der Waals surface area contributed by atoms with E-state index < -0.39 is 0 Å². The Bertz CT molecular complexity index is 648. The lowest BCUT2D eigenvalue weighted by Crippen LogP contribution is -2.03. The standard InChI is InChI=1S/C10H6BrN5/c11-7-5-12-16(6-7)10-13-8-3-1-2-4-9(8)14-15-10/h1-6H. The minimum absolute atomic E-state index is 0.462. The van der Waals surface area contributed by atoms with Crippen molar-refractivity contribution in [1.29, 1.82) is 0 Å². The van der Waals surface area contributed by atoms with E-state index in [1.54, 1.807) is 17.1 Å². The number of para-hydroxylation sites is 1. The number of hydrogen-bond donors (Lipinski definition) is 0. The van der Waals surface area contributed by atoms with Crippen molar-refractivity contribution in [2.75, 3.05) is 0 Å². The summed E-state index contributed by atoms with van der Waals surface area (Å²) >= 11 is 3.32. The normalized spacial score (nSPS) is 10.8. The van der Waals surface area contributed by atoms with E-state index in [1.807, 2.05) is 24.3 Å².